The molecule has 1 aliphatic rings. The van der Waals surface area contributed by atoms with Gasteiger partial charge in [-0.3, -0.25) is 0 Å². The fourth-order valence-corrected chi connectivity index (χ4v) is 2.55. The normalized spacial score (nSPS) is 13.3. The van der Waals surface area contributed by atoms with Gasteiger partial charge in [0.05, 0.1) is 0 Å². The lowest BCUT2D eigenvalue weighted by Crippen LogP contribution is -1.91. The minimum atomic E-state index is 0.804. The van der Waals surface area contributed by atoms with E-state index in [1.807, 2.05) is 12.1 Å². The van der Waals surface area contributed by atoms with E-state index in [0.717, 1.165) is 17.1 Å². The quantitative estimate of drug-likeness (QED) is 0.742. The van der Waals surface area contributed by atoms with Crippen LogP contribution in [-0.2, 0) is 5.75 Å². The largest absolute Gasteiger partial charge is 0.329 e. The third-order valence-electron chi connectivity index (χ3n) is 2.38. The predicted octanol–water partition coefficient (Wildman–Crippen LogP) is 2.72. The molecule has 1 aromatic heterocycles. The van der Waals surface area contributed by atoms with Gasteiger partial charge in [-0.2, -0.15) is 0 Å². The molecule has 0 amide bonds. The van der Waals surface area contributed by atoms with E-state index < -0.39 is 0 Å². The van der Waals surface area contributed by atoms with E-state index in [9.17, 15) is 0 Å². The number of hydrogen-bond donors (Lipinski definition) is 1. The molecule has 74 valence electrons. The number of fused-ring (bicyclic) bond motifs is 1. The van der Waals surface area contributed by atoms with Crippen LogP contribution in [0.25, 0.3) is 11.4 Å². The van der Waals surface area contributed by atoms with Crippen molar-refractivity contribution >= 4 is 17.6 Å². The van der Waals surface area contributed by atoms with Crippen molar-refractivity contribution in [2.45, 2.75) is 5.75 Å². The number of nitrogens with one attached hydrogen (secondary N) is 1. The lowest BCUT2D eigenvalue weighted by Gasteiger charge is -2.04. The van der Waals surface area contributed by atoms with Crippen LogP contribution < -0.4 is 4.72 Å². The van der Waals surface area contributed by atoms with Crippen molar-refractivity contribution in [2.75, 3.05) is 4.72 Å². The predicted molar refractivity (Wildman–Crippen MR) is 62.4 cm³/mol. The summed E-state index contributed by atoms with van der Waals surface area (Å²) in [5.41, 5.74) is 3.62. The zero-order valence-electron chi connectivity index (χ0n) is 7.97. The molecule has 2 aromatic rings. The maximum absolute atomic E-state index is 4.28. The van der Waals surface area contributed by atoms with E-state index >= 15 is 0 Å². The SMILES string of the molecule is c1cnc(-c2cccc3c2CSN3)nc1. The molecule has 0 bridgehead atoms. The van der Waals surface area contributed by atoms with E-state index in [0.29, 0.717) is 0 Å². The van der Waals surface area contributed by atoms with Gasteiger partial charge in [-0.25, -0.2) is 9.97 Å². The molecule has 0 radical (unpaired) electrons. The van der Waals surface area contributed by atoms with Crippen LogP contribution in [0.5, 0.6) is 0 Å². The summed E-state index contributed by atoms with van der Waals surface area (Å²) in [5.74, 6) is 1.78. The number of aromatic nitrogens is 2. The van der Waals surface area contributed by atoms with Gasteiger partial charge in [0.25, 0.3) is 0 Å². The van der Waals surface area contributed by atoms with Crippen molar-refractivity contribution in [2.24, 2.45) is 0 Å². The molecule has 1 aromatic carbocycles. The van der Waals surface area contributed by atoms with Crippen LogP contribution in [0.4, 0.5) is 5.69 Å². The summed E-state index contributed by atoms with van der Waals surface area (Å²) < 4.78 is 3.27. The van der Waals surface area contributed by atoms with Gasteiger partial charge in [0.2, 0.25) is 0 Å². The lowest BCUT2D eigenvalue weighted by molar-refractivity contribution is 1.17. The maximum atomic E-state index is 4.28. The molecule has 1 N–H and O–H groups in total. The molecule has 0 aliphatic carbocycles. The first-order chi connectivity index (χ1) is 7.45. The van der Waals surface area contributed by atoms with Gasteiger partial charge in [-0.05, 0) is 29.6 Å². The first-order valence-corrected chi connectivity index (χ1v) is 5.71. The monoisotopic (exact) mass is 215 g/mol. The van der Waals surface area contributed by atoms with Gasteiger partial charge in [-0.15, -0.1) is 0 Å². The molecule has 0 fully saturated rings. The minimum Gasteiger partial charge on any atom is -0.329 e. The van der Waals surface area contributed by atoms with E-state index in [2.05, 4.69) is 26.8 Å². The highest BCUT2D eigenvalue weighted by molar-refractivity contribution is 8.00. The van der Waals surface area contributed by atoms with E-state index in [-0.39, 0.29) is 0 Å². The highest BCUT2D eigenvalue weighted by Gasteiger charge is 2.16. The molecule has 0 spiro atoms. The third kappa shape index (κ3) is 1.47. The van der Waals surface area contributed by atoms with Gasteiger partial charge in [0.1, 0.15) is 0 Å². The van der Waals surface area contributed by atoms with Gasteiger partial charge < -0.3 is 4.72 Å². The summed E-state index contributed by atoms with van der Waals surface area (Å²) in [5, 5.41) is 0. The Bertz CT molecular complexity index is 484. The zero-order chi connectivity index (χ0) is 10.1. The van der Waals surface area contributed by atoms with Crippen molar-refractivity contribution < 1.29 is 0 Å². The second-order valence-electron chi connectivity index (χ2n) is 3.29. The van der Waals surface area contributed by atoms with E-state index in [1.54, 1.807) is 24.3 Å². The van der Waals surface area contributed by atoms with Crippen molar-refractivity contribution in [3.8, 4) is 11.4 Å². The second-order valence-corrected chi connectivity index (χ2v) is 4.08. The van der Waals surface area contributed by atoms with Crippen LogP contribution in [0.3, 0.4) is 0 Å². The van der Waals surface area contributed by atoms with Gasteiger partial charge >= 0.3 is 0 Å². The van der Waals surface area contributed by atoms with E-state index in [1.165, 1.54) is 11.3 Å². The first-order valence-electron chi connectivity index (χ1n) is 4.72. The number of nitrogens with zero attached hydrogens (tertiary/aromatic N) is 2. The summed E-state index contributed by atoms with van der Waals surface area (Å²) in [4.78, 5) is 8.56. The summed E-state index contributed by atoms with van der Waals surface area (Å²) in [7, 11) is 0. The molecule has 0 atom stereocenters. The molecule has 0 saturated heterocycles. The average molecular weight is 215 g/mol. The smallest absolute Gasteiger partial charge is 0.159 e. The van der Waals surface area contributed by atoms with Gasteiger partial charge in [-0.1, -0.05) is 12.1 Å². The second kappa shape index (κ2) is 3.55. The van der Waals surface area contributed by atoms with Crippen LogP contribution in [0.1, 0.15) is 5.56 Å². The van der Waals surface area contributed by atoms with Gasteiger partial charge in [0, 0.05) is 29.4 Å². The number of benzene rings is 1. The molecule has 2 heterocycles. The number of anilines is 1. The average Bonchev–Trinajstić information content (AvgIpc) is 2.78. The standard InChI is InChI=1S/C11H9N3S/c1-3-8(11-12-5-2-6-13-11)9-7-15-14-10(9)4-1/h1-6,14H,7H2. The minimum absolute atomic E-state index is 0.804. The molecule has 4 heteroatoms. The summed E-state index contributed by atoms with van der Waals surface area (Å²) in [6.07, 6.45) is 3.55. The third-order valence-corrected chi connectivity index (χ3v) is 3.18. The highest BCUT2D eigenvalue weighted by Crippen LogP contribution is 2.36. The van der Waals surface area contributed by atoms with Gasteiger partial charge in [0.15, 0.2) is 5.82 Å². The van der Waals surface area contributed by atoms with Crippen LogP contribution >= 0.6 is 11.9 Å². The molecule has 3 nitrogen and oxygen atoms in total. The van der Waals surface area contributed by atoms with Crippen LogP contribution in [0.2, 0.25) is 0 Å². The number of hydrogen-bond acceptors (Lipinski definition) is 4. The van der Waals surface area contributed by atoms with Crippen LogP contribution in [0, 0.1) is 0 Å². The highest BCUT2D eigenvalue weighted by atomic mass is 32.2. The Labute approximate surface area is 92.1 Å². The summed E-state index contributed by atoms with van der Waals surface area (Å²) in [6, 6.07) is 8.02. The Balaban J connectivity index is 2.17. The lowest BCUT2D eigenvalue weighted by atomic mass is 10.1. The first kappa shape index (κ1) is 8.73. The topological polar surface area (TPSA) is 37.8 Å². The molecular weight excluding hydrogens is 206 g/mol. The van der Waals surface area contributed by atoms with Crippen molar-refractivity contribution in [3.05, 3.63) is 42.2 Å². The Hall–Kier alpha value is -1.55. The van der Waals surface area contributed by atoms with Crippen molar-refractivity contribution in [1.29, 1.82) is 0 Å². The summed E-state index contributed by atoms with van der Waals surface area (Å²) in [6.45, 7) is 0. The Morgan fingerprint density at radius 1 is 1.13 bits per heavy atom. The number of rotatable bonds is 1. The molecular formula is C11H9N3S. The fourth-order valence-electron chi connectivity index (χ4n) is 1.67. The van der Waals surface area contributed by atoms with Crippen LogP contribution in [0.15, 0.2) is 36.7 Å². The molecule has 1 aliphatic heterocycles. The Morgan fingerprint density at radius 3 is 2.87 bits per heavy atom. The van der Waals surface area contributed by atoms with Crippen molar-refractivity contribution in [3.63, 3.8) is 0 Å². The van der Waals surface area contributed by atoms with Crippen molar-refractivity contribution in [1.82, 2.24) is 9.97 Å². The summed E-state index contributed by atoms with van der Waals surface area (Å²) >= 11 is 1.71. The van der Waals surface area contributed by atoms with Crippen LogP contribution in [-0.4, -0.2) is 9.97 Å². The molecule has 3 rings (SSSR count). The molecule has 0 saturated carbocycles. The molecule has 15 heavy (non-hydrogen) atoms. The fraction of sp³-hybridized carbons (Fsp3) is 0.0909. The molecule has 0 unspecified atom stereocenters. The Kier molecular flexibility index (Phi) is 2.07. The maximum Gasteiger partial charge on any atom is 0.159 e. The zero-order valence-corrected chi connectivity index (χ0v) is 8.79. The Morgan fingerprint density at radius 2 is 2.00 bits per heavy atom. The van der Waals surface area contributed by atoms with E-state index in [4.69, 9.17) is 0 Å².